The molecule has 1 aromatic carbocycles. The predicted molar refractivity (Wildman–Crippen MR) is 51.2 cm³/mol. The summed E-state index contributed by atoms with van der Waals surface area (Å²) in [6, 6.07) is 10.1. The van der Waals surface area contributed by atoms with Gasteiger partial charge in [0, 0.05) is 12.6 Å². The molecular formula is C10H11N3. The third-order valence-electron chi connectivity index (χ3n) is 1.90. The minimum Gasteiger partial charge on any atom is -0.249 e. The van der Waals surface area contributed by atoms with Gasteiger partial charge in [-0.05, 0) is 6.92 Å². The molecule has 0 saturated carbocycles. The van der Waals surface area contributed by atoms with Crippen LogP contribution in [-0.4, -0.2) is 14.8 Å². The first kappa shape index (κ1) is 7.98. The number of nitrogens with zero attached hydrogens (tertiary/aromatic N) is 3. The van der Waals surface area contributed by atoms with E-state index in [0.717, 1.165) is 17.2 Å². The highest BCUT2D eigenvalue weighted by molar-refractivity contribution is 5.54. The molecular weight excluding hydrogens is 162 g/mol. The van der Waals surface area contributed by atoms with E-state index >= 15 is 0 Å². The van der Waals surface area contributed by atoms with Gasteiger partial charge in [0.15, 0.2) is 5.82 Å². The molecule has 0 bridgehead atoms. The Morgan fingerprint density at radius 1 is 1.15 bits per heavy atom. The average Bonchev–Trinajstić information content (AvgIpc) is 2.47. The SMILES string of the molecule is Cc1nc(-c2ccccc2)n(C)n1. The van der Waals surface area contributed by atoms with Gasteiger partial charge in [-0.25, -0.2) is 9.67 Å². The molecule has 0 amide bonds. The Hall–Kier alpha value is -1.64. The number of aryl methyl sites for hydroxylation is 2. The maximum Gasteiger partial charge on any atom is 0.158 e. The summed E-state index contributed by atoms with van der Waals surface area (Å²) in [7, 11) is 1.91. The van der Waals surface area contributed by atoms with Crippen LogP contribution < -0.4 is 0 Å². The second kappa shape index (κ2) is 3.01. The lowest BCUT2D eigenvalue weighted by atomic mass is 10.2. The smallest absolute Gasteiger partial charge is 0.158 e. The zero-order valence-corrected chi connectivity index (χ0v) is 7.73. The predicted octanol–water partition coefficient (Wildman–Crippen LogP) is 1.79. The molecule has 0 spiro atoms. The molecule has 0 aliphatic heterocycles. The monoisotopic (exact) mass is 173 g/mol. The first-order valence-corrected chi connectivity index (χ1v) is 4.20. The normalized spacial score (nSPS) is 10.3. The molecule has 0 saturated heterocycles. The van der Waals surface area contributed by atoms with Gasteiger partial charge in [0.05, 0.1) is 0 Å². The number of hydrogen-bond acceptors (Lipinski definition) is 2. The molecule has 66 valence electrons. The highest BCUT2D eigenvalue weighted by Gasteiger charge is 2.04. The van der Waals surface area contributed by atoms with E-state index in [-0.39, 0.29) is 0 Å². The topological polar surface area (TPSA) is 30.7 Å². The van der Waals surface area contributed by atoms with E-state index in [1.807, 2.05) is 44.3 Å². The molecule has 13 heavy (non-hydrogen) atoms. The van der Waals surface area contributed by atoms with Crippen LogP contribution in [-0.2, 0) is 7.05 Å². The van der Waals surface area contributed by atoms with Crippen molar-refractivity contribution >= 4 is 0 Å². The molecule has 0 radical (unpaired) electrons. The number of hydrogen-bond donors (Lipinski definition) is 0. The Kier molecular flexibility index (Phi) is 1.85. The van der Waals surface area contributed by atoms with Crippen molar-refractivity contribution in [2.45, 2.75) is 6.92 Å². The van der Waals surface area contributed by atoms with Gasteiger partial charge in [-0.3, -0.25) is 0 Å². The second-order valence-electron chi connectivity index (χ2n) is 2.97. The molecule has 2 rings (SSSR count). The van der Waals surface area contributed by atoms with Crippen molar-refractivity contribution in [3.63, 3.8) is 0 Å². The Labute approximate surface area is 77.0 Å². The highest BCUT2D eigenvalue weighted by atomic mass is 15.3. The zero-order chi connectivity index (χ0) is 9.26. The Morgan fingerprint density at radius 3 is 2.38 bits per heavy atom. The fourth-order valence-electron chi connectivity index (χ4n) is 1.35. The van der Waals surface area contributed by atoms with Gasteiger partial charge in [-0.15, -0.1) is 0 Å². The van der Waals surface area contributed by atoms with Crippen LogP contribution in [0.4, 0.5) is 0 Å². The Bertz CT molecular complexity index is 403. The van der Waals surface area contributed by atoms with Crippen LogP contribution in [0.15, 0.2) is 30.3 Å². The average molecular weight is 173 g/mol. The van der Waals surface area contributed by atoms with Crippen LogP contribution in [0.2, 0.25) is 0 Å². The van der Waals surface area contributed by atoms with Crippen molar-refractivity contribution in [3.05, 3.63) is 36.2 Å². The summed E-state index contributed by atoms with van der Waals surface area (Å²) < 4.78 is 1.80. The van der Waals surface area contributed by atoms with Gasteiger partial charge >= 0.3 is 0 Å². The van der Waals surface area contributed by atoms with E-state index in [9.17, 15) is 0 Å². The minimum absolute atomic E-state index is 0.807. The van der Waals surface area contributed by atoms with E-state index in [1.54, 1.807) is 4.68 Å². The summed E-state index contributed by atoms with van der Waals surface area (Å²) in [5, 5.41) is 4.19. The fourth-order valence-corrected chi connectivity index (χ4v) is 1.35. The van der Waals surface area contributed by atoms with E-state index < -0.39 is 0 Å². The van der Waals surface area contributed by atoms with Crippen LogP contribution in [0.5, 0.6) is 0 Å². The number of rotatable bonds is 1. The van der Waals surface area contributed by atoms with Crippen LogP contribution in [0, 0.1) is 6.92 Å². The molecule has 0 N–H and O–H groups in total. The van der Waals surface area contributed by atoms with E-state index in [4.69, 9.17) is 0 Å². The molecule has 3 heteroatoms. The lowest BCUT2D eigenvalue weighted by Crippen LogP contribution is -1.93. The Balaban J connectivity index is 2.53. The van der Waals surface area contributed by atoms with Crippen molar-refractivity contribution in [1.82, 2.24) is 14.8 Å². The van der Waals surface area contributed by atoms with Gasteiger partial charge < -0.3 is 0 Å². The third-order valence-corrected chi connectivity index (χ3v) is 1.90. The van der Waals surface area contributed by atoms with Gasteiger partial charge in [0.1, 0.15) is 5.82 Å². The first-order valence-electron chi connectivity index (χ1n) is 4.20. The molecule has 1 heterocycles. The van der Waals surface area contributed by atoms with Gasteiger partial charge in [-0.1, -0.05) is 30.3 Å². The largest absolute Gasteiger partial charge is 0.249 e. The second-order valence-corrected chi connectivity index (χ2v) is 2.97. The van der Waals surface area contributed by atoms with Crippen molar-refractivity contribution in [2.75, 3.05) is 0 Å². The quantitative estimate of drug-likeness (QED) is 0.658. The summed E-state index contributed by atoms with van der Waals surface area (Å²) in [6.45, 7) is 1.90. The first-order chi connectivity index (χ1) is 6.27. The summed E-state index contributed by atoms with van der Waals surface area (Å²) in [4.78, 5) is 4.33. The fraction of sp³-hybridized carbons (Fsp3) is 0.200. The van der Waals surface area contributed by atoms with E-state index in [0.29, 0.717) is 0 Å². The molecule has 1 aromatic heterocycles. The van der Waals surface area contributed by atoms with Crippen molar-refractivity contribution < 1.29 is 0 Å². The van der Waals surface area contributed by atoms with Gasteiger partial charge in [0.2, 0.25) is 0 Å². The summed E-state index contributed by atoms with van der Waals surface area (Å²) >= 11 is 0. The van der Waals surface area contributed by atoms with Crippen LogP contribution in [0.25, 0.3) is 11.4 Å². The maximum atomic E-state index is 4.33. The maximum absolute atomic E-state index is 4.33. The molecule has 0 fully saturated rings. The third kappa shape index (κ3) is 1.45. The standard InChI is InChI=1S/C10H11N3/c1-8-11-10(13(2)12-8)9-6-4-3-5-7-9/h3-7H,1-2H3. The van der Waals surface area contributed by atoms with Crippen molar-refractivity contribution in [3.8, 4) is 11.4 Å². The van der Waals surface area contributed by atoms with Crippen LogP contribution in [0.3, 0.4) is 0 Å². The lowest BCUT2D eigenvalue weighted by molar-refractivity contribution is 0.764. The van der Waals surface area contributed by atoms with Crippen LogP contribution in [0.1, 0.15) is 5.82 Å². The van der Waals surface area contributed by atoms with E-state index in [2.05, 4.69) is 10.1 Å². The summed E-state index contributed by atoms with van der Waals surface area (Å²) in [5.74, 6) is 1.72. The van der Waals surface area contributed by atoms with Gasteiger partial charge in [-0.2, -0.15) is 5.10 Å². The molecule has 2 aromatic rings. The van der Waals surface area contributed by atoms with Crippen LogP contribution >= 0.6 is 0 Å². The molecule has 0 atom stereocenters. The zero-order valence-electron chi connectivity index (χ0n) is 7.73. The minimum atomic E-state index is 0.807. The molecule has 0 aliphatic rings. The highest BCUT2D eigenvalue weighted by Crippen LogP contribution is 2.14. The number of aromatic nitrogens is 3. The summed E-state index contributed by atoms with van der Waals surface area (Å²) in [5.41, 5.74) is 1.10. The molecule has 0 aliphatic carbocycles. The molecule has 3 nitrogen and oxygen atoms in total. The lowest BCUT2D eigenvalue weighted by Gasteiger charge is -1.97. The van der Waals surface area contributed by atoms with Gasteiger partial charge in [0.25, 0.3) is 0 Å². The van der Waals surface area contributed by atoms with Crippen molar-refractivity contribution in [2.24, 2.45) is 7.05 Å². The van der Waals surface area contributed by atoms with Crippen molar-refractivity contribution in [1.29, 1.82) is 0 Å². The summed E-state index contributed by atoms with van der Waals surface area (Å²) in [6.07, 6.45) is 0. The van der Waals surface area contributed by atoms with E-state index in [1.165, 1.54) is 0 Å². The number of benzene rings is 1. The molecule has 0 unspecified atom stereocenters. The Morgan fingerprint density at radius 2 is 1.85 bits per heavy atom.